The minimum Gasteiger partial charge on any atom is -0.389 e. The van der Waals surface area contributed by atoms with E-state index >= 15 is 0 Å². The van der Waals surface area contributed by atoms with Gasteiger partial charge in [-0.25, -0.2) is 0 Å². The largest absolute Gasteiger partial charge is 0.389 e. The minimum absolute atomic E-state index is 0.0450. The first-order valence-corrected chi connectivity index (χ1v) is 8.67. The molecule has 2 fully saturated rings. The molecule has 22 heavy (non-hydrogen) atoms. The molecule has 1 aliphatic carbocycles. The molecule has 0 spiro atoms. The van der Waals surface area contributed by atoms with Gasteiger partial charge in [0.25, 0.3) is 0 Å². The van der Waals surface area contributed by atoms with Crippen LogP contribution in [0.1, 0.15) is 65.2 Å². The van der Waals surface area contributed by atoms with E-state index in [9.17, 15) is 14.7 Å². The fourth-order valence-electron chi connectivity index (χ4n) is 3.54. The molecule has 2 rings (SSSR count). The zero-order valence-corrected chi connectivity index (χ0v) is 13.9. The van der Waals surface area contributed by atoms with Crippen molar-refractivity contribution in [1.82, 2.24) is 10.2 Å². The van der Waals surface area contributed by atoms with E-state index in [-0.39, 0.29) is 24.3 Å². The van der Waals surface area contributed by atoms with E-state index in [1.54, 1.807) is 0 Å². The van der Waals surface area contributed by atoms with Crippen molar-refractivity contribution in [1.29, 1.82) is 0 Å². The van der Waals surface area contributed by atoms with Gasteiger partial charge in [-0.05, 0) is 31.6 Å². The Labute approximate surface area is 133 Å². The van der Waals surface area contributed by atoms with Crippen LogP contribution in [-0.4, -0.2) is 46.6 Å². The van der Waals surface area contributed by atoms with Crippen molar-refractivity contribution in [2.75, 3.05) is 13.1 Å². The molecule has 2 amide bonds. The van der Waals surface area contributed by atoms with Crippen LogP contribution in [0.3, 0.4) is 0 Å². The lowest BCUT2D eigenvalue weighted by Gasteiger charge is -2.33. The Morgan fingerprint density at radius 1 is 1.23 bits per heavy atom. The Morgan fingerprint density at radius 2 is 1.82 bits per heavy atom. The summed E-state index contributed by atoms with van der Waals surface area (Å²) < 4.78 is 0. The van der Waals surface area contributed by atoms with Gasteiger partial charge in [0, 0.05) is 25.6 Å². The lowest BCUT2D eigenvalue weighted by molar-refractivity contribution is -0.133. The SMILES string of the molecule is CC(C)CC(=O)N1CCC(NC(=O)CC2(O)CCCC2)CC1. The molecule has 0 atom stereocenters. The van der Waals surface area contributed by atoms with Gasteiger partial charge >= 0.3 is 0 Å². The number of nitrogens with zero attached hydrogens (tertiary/aromatic N) is 1. The van der Waals surface area contributed by atoms with Gasteiger partial charge < -0.3 is 15.3 Å². The first-order chi connectivity index (χ1) is 10.4. The maximum atomic E-state index is 12.1. The molecule has 2 aliphatic rings. The molecule has 5 nitrogen and oxygen atoms in total. The van der Waals surface area contributed by atoms with Crippen molar-refractivity contribution >= 4 is 11.8 Å². The standard InChI is InChI=1S/C17H30N2O3/c1-13(2)11-16(21)19-9-5-14(6-10-19)18-15(20)12-17(22)7-3-4-8-17/h13-14,22H,3-12H2,1-2H3,(H,18,20). The summed E-state index contributed by atoms with van der Waals surface area (Å²) in [6, 6.07) is 0.139. The molecule has 1 saturated heterocycles. The number of hydrogen-bond acceptors (Lipinski definition) is 3. The smallest absolute Gasteiger partial charge is 0.223 e. The molecule has 0 aromatic heterocycles. The second-order valence-corrected chi connectivity index (χ2v) is 7.43. The highest BCUT2D eigenvalue weighted by Gasteiger charge is 2.34. The molecule has 1 aliphatic heterocycles. The zero-order chi connectivity index (χ0) is 16.2. The van der Waals surface area contributed by atoms with Crippen molar-refractivity contribution < 1.29 is 14.7 Å². The predicted molar refractivity (Wildman–Crippen MR) is 85.2 cm³/mol. The average molecular weight is 310 g/mol. The van der Waals surface area contributed by atoms with E-state index in [2.05, 4.69) is 19.2 Å². The van der Waals surface area contributed by atoms with Crippen molar-refractivity contribution in [2.45, 2.75) is 76.9 Å². The quantitative estimate of drug-likeness (QED) is 0.814. The maximum absolute atomic E-state index is 12.1. The molecule has 1 saturated carbocycles. The van der Waals surface area contributed by atoms with Gasteiger partial charge in [-0.15, -0.1) is 0 Å². The third-order valence-electron chi connectivity index (χ3n) is 4.82. The maximum Gasteiger partial charge on any atom is 0.223 e. The normalized spacial score (nSPS) is 22.1. The van der Waals surface area contributed by atoms with Gasteiger partial charge in [-0.1, -0.05) is 26.7 Å². The van der Waals surface area contributed by atoms with Crippen LogP contribution in [-0.2, 0) is 9.59 Å². The zero-order valence-electron chi connectivity index (χ0n) is 13.9. The average Bonchev–Trinajstić information content (AvgIpc) is 2.84. The highest BCUT2D eigenvalue weighted by atomic mass is 16.3. The Kier molecular flexibility index (Phi) is 5.84. The van der Waals surface area contributed by atoms with Crippen LogP contribution in [0.2, 0.25) is 0 Å². The third kappa shape index (κ3) is 4.97. The fourth-order valence-corrected chi connectivity index (χ4v) is 3.54. The Bertz CT molecular complexity index is 395. The molecule has 0 aromatic rings. The first kappa shape index (κ1) is 17.3. The van der Waals surface area contributed by atoms with E-state index in [0.29, 0.717) is 12.3 Å². The molecular formula is C17H30N2O3. The summed E-state index contributed by atoms with van der Waals surface area (Å²) in [4.78, 5) is 26.0. The second-order valence-electron chi connectivity index (χ2n) is 7.43. The second kappa shape index (κ2) is 7.44. The summed E-state index contributed by atoms with van der Waals surface area (Å²) in [6.07, 6.45) is 5.96. The van der Waals surface area contributed by atoms with Crippen molar-refractivity contribution in [3.8, 4) is 0 Å². The number of nitrogens with one attached hydrogen (secondary N) is 1. The summed E-state index contributed by atoms with van der Waals surface area (Å²) in [5.41, 5.74) is -0.780. The van der Waals surface area contributed by atoms with E-state index in [4.69, 9.17) is 0 Å². The van der Waals surface area contributed by atoms with Gasteiger partial charge in [0.05, 0.1) is 12.0 Å². The van der Waals surface area contributed by atoms with Gasteiger partial charge in [0.1, 0.15) is 0 Å². The lowest BCUT2D eigenvalue weighted by Crippen LogP contribution is -2.47. The van der Waals surface area contributed by atoms with E-state index in [1.165, 1.54) is 0 Å². The summed E-state index contributed by atoms with van der Waals surface area (Å²) >= 11 is 0. The molecular weight excluding hydrogens is 280 g/mol. The number of likely N-dealkylation sites (tertiary alicyclic amines) is 1. The first-order valence-electron chi connectivity index (χ1n) is 8.67. The molecule has 126 valence electrons. The topological polar surface area (TPSA) is 69.6 Å². The number of rotatable bonds is 5. The van der Waals surface area contributed by atoms with E-state index in [1.807, 2.05) is 4.90 Å². The number of carbonyl (C=O) groups is 2. The Balaban J connectivity index is 1.70. The summed E-state index contributed by atoms with van der Waals surface area (Å²) in [7, 11) is 0. The molecule has 0 aromatic carbocycles. The monoisotopic (exact) mass is 310 g/mol. The number of hydrogen-bond donors (Lipinski definition) is 2. The number of carbonyl (C=O) groups excluding carboxylic acids is 2. The van der Waals surface area contributed by atoms with Gasteiger partial charge in [0.2, 0.25) is 11.8 Å². The van der Waals surface area contributed by atoms with Crippen LogP contribution in [0, 0.1) is 5.92 Å². The predicted octanol–water partition coefficient (Wildman–Crippen LogP) is 1.83. The molecule has 2 N–H and O–H groups in total. The number of amides is 2. The van der Waals surface area contributed by atoms with Crippen LogP contribution in [0.5, 0.6) is 0 Å². The summed E-state index contributed by atoms with van der Waals surface area (Å²) in [5, 5.41) is 13.3. The van der Waals surface area contributed by atoms with Crippen molar-refractivity contribution in [3.63, 3.8) is 0 Å². The van der Waals surface area contributed by atoms with Crippen LogP contribution >= 0.6 is 0 Å². The highest BCUT2D eigenvalue weighted by molar-refractivity contribution is 5.78. The van der Waals surface area contributed by atoms with Crippen LogP contribution in [0.25, 0.3) is 0 Å². The van der Waals surface area contributed by atoms with Crippen molar-refractivity contribution in [2.24, 2.45) is 5.92 Å². The highest BCUT2D eigenvalue weighted by Crippen LogP contribution is 2.32. The Hall–Kier alpha value is -1.10. The van der Waals surface area contributed by atoms with E-state index in [0.717, 1.165) is 51.6 Å². The van der Waals surface area contributed by atoms with Crippen molar-refractivity contribution in [3.05, 3.63) is 0 Å². The molecule has 5 heteroatoms. The van der Waals surface area contributed by atoms with Gasteiger partial charge in [-0.3, -0.25) is 9.59 Å². The lowest BCUT2D eigenvalue weighted by atomic mass is 9.96. The third-order valence-corrected chi connectivity index (χ3v) is 4.82. The summed E-state index contributed by atoms with van der Waals surface area (Å²) in [5.74, 6) is 0.563. The van der Waals surface area contributed by atoms with Crippen LogP contribution in [0.15, 0.2) is 0 Å². The molecule has 0 unspecified atom stereocenters. The fraction of sp³-hybridized carbons (Fsp3) is 0.882. The summed E-state index contributed by atoms with van der Waals surface area (Å²) in [6.45, 7) is 5.55. The van der Waals surface area contributed by atoms with Gasteiger partial charge in [-0.2, -0.15) is 0 Å². The van der Waals surface area contributed by atoms with Crippen LogP contribution in [0.4, 0.5) is 0 Å². The minimum atomic E-state index is -0.780. The van der Waals surface area contributed by atoms with Gasteiger partial charge in [0.15, 0.2) is 0 Å². The van der Waals surface area contributed by atoms with Crippen LogP contribution < -0.4 is 5.32 Å². The molecule has 0 bridgehead atoms. The Morgan fingerprint density at radius 3 is 2.36 bits per heavy atom. The number of piperidine rings is 1. The molecule has 0 radical (unpaired) electrons. The molecule has 1 heterocycles. The van der Waals surface area contributed by atoms with E-state index < -0.39 is 5.60 Å². The number of aliphatic hydroxyl groups is 1.